The van der Waals surface area contributed by atoms with Crippen molar-refractivity contribution >= 4 is 17.2 Å². The van der Waals surface area contributed by atoms with Gasteiger partial charge in [0.1, 0.15) is 10.8 Å². The number of nitrogens with zero attached hydrogens (tertiary/aromatic N) is 2. The highest BCUT2D eigenvalue weighted by Crippen LogP contribution is 2.35. The number of carbonyl (C=O) groups is 1. The van der Waals surface area contributed by atoms with Crippen LogP contribution in [0.3, 0.4) is 0 Å². The highest BCUT2D eigenvalue weighted by molar-refractivity contribution is 7.09. The molecule has 1 saturated heterocycles. The number of hydrogen-bond acceptors (Lipinski definition) is 4. The molecule has 120 valence electrons. The third-order valence-electron chi connectivity index (χ3n) is 4.63. The van der Waals surface area contributed by atoms with Crippen molar-refractivity contribution in [1.82, 2.24) is 9.88 Å². The number of ether oxygens (including phenoxy) is 1. The van der Waals surface area contributed by atoms with Gasteiger partial charge in [0.05, 0.1) is 6.04 Å². The highest BCUT2D eigenvalue weighted by atomic mass is 32.1. The molecule has 4 nitrogen and oxygen atoms in total. The Kier molecular flexibility index (Phi) is 3.81. The van der Waals surface area contributed by atoms with Crippen molar-refractivity contribution in [3.63, 3.8) is 0 Å². The van der Waals surface area contributed by atoms with Gasteiger partial charge < -0.3 is 9.64 Å². The fourth-order valence-electron chi connectivity index (χ4n) is 3.48. The molecule has 0 radical (unpaired) electrons. The average Bonchev–Trinajstić information content (AvgIpc) is 3.20. The second-order valence-electron chi connectivity index (χ2n) is 6.29. The minimum absolute atomic E-state index is 0.110. The van der Waals surface area contributed by atoms with Gasteiger partial charge in [-0.05, 0) is 37.8 Å². The van der Waals surface area contributed by atoms with Crippen molar-refractivity contribution in [2.45, 2.75) is 44.8 Å². The molecule has 1 amide bonds. The molecule has 0 spiro atoms. The maximum absolute atomic E-state index is 13.0. The van der Waals surface area contributed by atoms with Gasteiger partial charge in [-0.25, -0.2) is 4.98 Å². The van der Waals surface area contributed by atoms with Crippen molar-refractivity contribution in [3.05, 3.63) is 45.9 Å². The first-order chi connectivity index (χ1) is 11.2. The number of benzene rings is 1. The summed E-state index contributed by atoms with van der Waals surface area (Å²) in [6.45, 7) is 2.81. The van der Waals surface area contributed by atoms with E-state index in [4.69, 9.17) is 4.74 Å². The number of amides is 1. The lowest BCUT2D eigenvalue weighted by Crippen LogP contribution is -2.45. The van der Waals surface area contributed by atoms with Crippen LogP contribution in [-0.2, 0) is 11.2 Å². The molecule has 2 aliphatic heterocycles. The van der Waals surface area contributed by atoms with Crippen LogP contribution in [0.4, 0.5) is 0 Å². The highest BCUT2D eigenvalue weighted by Gasteiger charge is 2.37. The van der Waals surface area contributed by atoms with Gasteiger partial charge in [0.25, 0.3) is 5.91 Å². The molecule has 5 heteroatoms. The monoisotopic (exact) mass is 328 g/mol. The predicted molar refractivity (Wildman–Crippen MR) is 89.7 cm³/mol. The lowest BCUT2D eigenvalue weighted by molar-refractivity contribution is -0.142. The maximum atomic E-state index is 13.0. The van der Waals surface area contributed by atoms with Gasteiger partial charge >= 0.3 is 0 Å². The topological polar surface area (TPSA) is 42.4 Å². The van der Waals surface area contributed by atoms with Crippen LogP contribution in [0, 0.1) is 6.92 Å². The number of aromatic nitrogens is 1. The summed E-state index contributed by atoms with van der Waals surface area (Å²) in [5.41, 5.74) is 2.16. The molecule has 1 aromatic heterocycles. The quantitative estimate of drug-likeness (QED) is 0.847. The van der Waals surface area contributed by atoms with E-state index in [0.29, 0.717) is 6.42 Å². The SMILES string of the molecule is Cc1csc(C2CCCCN2C(=O)C2Cc3ccccc3O2)n1. The molecule has 1 fully saturated rings. The summed E-state index contributed by atoms with van der Waals surface area (Å²) < 4.78 is 5.90. The first kappa shape index (κ1) is 14.7. The summed E-state index contributed by atoms with van der Waals surface area (Å²) in [6.07, 6.45) is 3.51. The van der Waals surface area contributed by atoms with Crippen molar-refractivity contribution in [2.24, 2.45) is 0 Å². The van der Waals surface area contributed by atoms with E-state index in [1.807, 2.05) is 36.1 Å². The molecule has 0 N–H and O–H groups in total. The molecule has 4 rings (SSSR count). The summed E-state index contributed by atoms with van der Waals surface area (Å²) in [4.78, 5) is 19.7. The Morgan fingerprint density at radius 2 is 2.22 bits per heavy atom. The molecular formula is C18H20N2O2S. The van der Waals surface area contributed by atoms with Crippen molar-refractivity contribution < 1.29 is 9.53 Å². The van der Waals surface area contributed by atoms with E-state index in [1.54, 1.807) is 11.3 Å². The number of fused-ring (bicyclic) bond motifs is 1. The Morgan fingerprint density at radius 3 is 3.00 bits per heavy atom. The standard InChI is InChI=1S/C18H20N2O2S/c1-12-11-23-17(19-12)14-7-4-5-9-20(14)18(21)16-10-13-6-2-3-8-15(13)22-16/h2-3,6,8,11,14,16H,4-5,7,9-10H2,1H3. The van der Waals surface area contributed by atoms with Gasteiger partial charge in [-0.15, -0.1) is 11.3 Å². The second-order valence-corrected chi connectivity index (χ2v) is 7.18. The molecule has 3 heterocycles. The van der Waals surface area contributed by atoms with Gasteiger partial charge in [-0.2, -0.15) is 0 Å². The van der Waals surface area contributed by atoms with Gasteiger partial charge in [0, 0.05) is 24.0 Å². The fourth-order valence-corrected chi connectivity index (χ4v) is 4.42. The van der Waals surface area contributed by atoms with E-state index >= 15 is 0 Å². The molecule has 0 aliphatic carbocycles. The number of para-hydroxylation sites is 1. The van der Waals surface area contributed by atoms with Crippen LogP contribution >= 0.6 is 11.3 Å². The van der Waals surface area contributed by atoms with Crippen LogP contribution in [0.1, 0.15) is 41.6 Å². The molecule has 2 aromatic rings. The zero-order valence-corrected chi connectivity index (χ0v) is 14.0. The predicted octanol–water partition coefficient (Wildman–Crippen LogP) is 3.51. The number of rotatable bonds is 2. The Morgan fingerprint density at radius 1 is 1.35 bits per heavy atom. The molecule has 2 atom stereocenters. The summed E-state index contributed by atoms with van der Waals surface area (Å²) in [5.74, 6) is 0.961. The zero-order chi connectivity index (χ0) is 15.8. The first-order valence-electron chi connectivity index (χ1n) is 8.19. The van der Waals surface area contributed by atoms with Crippen LogP contribution in [0.25, 0.3) is 0 Å². The Balaban J connectivity index is 1.55. The number of aryl methyl sites for hydroxylation is 1. The number of carbonyl (C=O) groups excluding carboxylic acids is 1. The fraction of sp³-hybridized carbons (Fsp3) is 0.444. The molecule has 23 heavy (non-hydrogen) atoms. The minimum Gasteiger partial charge on any atom is -0.480 e. The summed E-state index contributed by atoms with van der Waals surface area (Å²) >= 11 is 1.66. The number of hydrogen-bond donors (Lipinski definition) is 0. The van der Waals surface area contributed by atoms with E-state index in [2.05, 4.69) is 10.4 Å². The second kappa shape index (κ2) is 5.96. The van der Waals surface area contributed by atoms with Crippen LogP contribution < -0.4 is 4.74 Å². The van der Waals surface area contributed by atoms with Crippen molar-refractivity contribution in [3.8, 4) is 5.75 Å². The van der Waals surface area contributed by atoms with E-state index in [0.717, 1.165) is 47.8 Å². The van der Waals surface area contributed by atoms with Crippen LogP contribution in [0.5, 0.6) is 5.75 Å². The smallest absolute Gasteiger partial charge is 0.264 e. The largest absolute Gasteiger partial charge is 0.480 e. The van der Waals surface area contributed by atoms with Gasteiger partial charge in [0.2, 0.25) is 0 Å². The third kappa shape index (κ3) is 2.74. The molecule has 1 aromatic carbocycles. The van der Waals surface area contributed by atoms with Crippen molar-refractivity contribution in [1.29, 1.82) is 0 Å². The van der Waals surface area contributed by atoms with Crippen LogP contribution in [0.15, 0.2) is 29.6 Å². The lowest BCUT2D eigenvalue weighted by Gasteiger charge is -2.35. The molecule has 2 unspecified atom stereocenters. The first-order valence-corrected chi connectivity index (χ1v) is 9.07. The van der Waals surface area contributed by atoms with E-state index in [1.165, 1.54) is 0 Å². The Bertz CT molecular complexity index is 702. The van der Waals surface area contributed by atoms with E-state index in [-0.39, 0.29) is 18.1 Å². The van der Waals surface area contributed by atoms with Gasteiger partial charge in [-0.1, -0.05) is 18.2 Å². The van der Waals surface area contributed by atoms with Gasteiger partial charge in [0.15, 0.2) is 6.10 Å². The Labute approximate surface area is 140 Å². The average molecular weight is 328 g/mol. The van der Waals surface area contributed by atoms with Crippen molar-refractivity contribution in [2.75, 3.05) is 6.54 Å². The van der Waals surface area contributed by atoms with E-state index < -0.39 is 0 Å². The van der Waals surface area contributed by atoms with Gasteiger partial charge in [-0.3, -0.25) is 4.79 Å². The summed E-state index contributed by atoms with van der Waals surface area (Å²) in [5, 5.41) is 3.13. The zero-order valence-electron chi connectivity index (χ0n) is 13.2. The third-order valence-corrected chi connectivity index (χ3v) is 5.69. The molecule has 2 aliphatic rings. The maximum Gasteiger partial charge on any atom is 0.264 e. The van der Waals surface area contributed by atoms with Crippen LogP contribution in [-0.4, -0.2) is 28.4 Å². The Hall–Kier alpha value is -1.88. The minimum atomic E-state index is -0.381. The lowest BCUT2D eigenvalue weighted by atomic mass is 10.0. The van der Waals surface area contributed by atoms with Crippen LogP contribution in [0.2, 0.25) is 0 Å². The number of piperidine rings is 1. The summed E-state index contributed by atoms with van der Waals surface area (Å²) in [7, 11) is 0. The number of thiazole rings is 1. The number of likely N-dealkylation sites (tertiary alicyclic amines) is 1. The molecule has 0 saturated carbocycles. The van der Waals surface area contributed by atoms with E-state index in [9.17, 15) is 4.79 Å². The molecular weight excluding hydrogens is 308 g/mol. The normalized spacial score (nSPS) is 23.4. The molecule has 0 bridgehead atoms. The summed E-state index contributed by atoms with van der Waals surface area (Å²) in [6, 6.07) is 8.05.